The topological polar surface area (TPSA) is 87.8 Å². The summed E-state index contributed by atoms with van der Waals surface area (Å²) in [6, 6.07) is 7.21. The number of aromatic nitrogens is 2. The highest BCUT2D eigenvalue weighted by molar-refractivity contribution is 7.93. The number of aryl methyl sites for hydroxylation is 1. The van der Waals surface area contributed by atoms with Gasteiger partial charge in [0.05, 0.1) is 5.25 Å². The normalized spacial score (nSPS) is 12.2. The summed E-state index contributed by atoms with van der Waals surface area (Å²) in [5, 5.41) is 11.4. The van der Waals surface area contributed by atoms with Crippen LogP contribution in [0.25, 0.3) is 16.7 Å². The zero-order valence-corrected chi connectivity index (χ0v) is 16.8. The molecular formula is C20H26N4O2S. The molecule has 2 aromatic rings. The average Bonchev–Trinajstić information content (AvgIpc) is 3.02. The van der Waals surface area contributed by atoms with Crippen molar-refractivity contribution in [2.45, 2.75) is 31.9 Å². The summed E-state index contributed by atoms with van der Waals surface area (Å²) < 4.78 is 29.2. The highest BCUT2D eigenvalue weighted by Gasteiger charge is 2.21. The van der Waals surface area contributed by atoms with Crippen LogP contribution < -0.4 is 4.72 Å². The molecule has 144 valence electrons. The monoisotopic (exact) mass is 386 g/mol. The highest BCUT2D eigenvalue weighted by Crippen LogP contribution is 2.29. The molecule has 0 bridgehead atoms. The smallest absolute Gasteiger partial charge is 0.235 e. The molecule has 2 N–H and O–H groups in total. The molecule has 27 heavy (non-hydrogen) atoms. The lowest BCUT2D eigenvalue weighted by Gasteiger charge is -2.15. The average molecular weight is 387 g/mol. The molecule has 0 amide bonds. The maximum Gasteiger partial charge on any atom is 0.235 e. The molecule has 1 aromatic heterocycles. The van der Waals surface area contributed by atoms with Crippen molar-refractivity contribution < 1.29 is 8.42 Å². The van der Waals surface area contributed by atoms with E-state index < -0.39 is 15.3 Å². The fraction of sp³-hybridized carbons (Fsp3) is 0.300. The lowest BCUT2D eigenvalue weighted by molar-refractivity contribution is 0.577. The van der Waals surface area contributed by atoms with Crippen LogP contribution in [0.1, 0.15) is 32.4 Å². The Morgan fingerprint density at radius 3 is 2.44 bits per heavy atom. The number of anilines is 1. The minimum absolute atomic E-state index is 0.400. The van der Waals surface area contributed by atoms with Crippen LogP contribution in [0.4, 0.5) is 5.69 Å². The summed E-state index contributed by atoms with van der Waals surface area (Å²) in [6.07, 6.45) is 7.54. The summed E-state index contributed by atoms with van der Waals surface area (Å²) in [5.41, 5.74) is 3.80. The first-order valence-electron chi connectivity index (χ1n) is 8.85. The predicted octanol–water partition coefficient (Wildman–Crippen LogP) is 4.24. The molecule has 1 heterocycles. The van der Waals surface area contributed by atoms with Gasteiger partial charge in [-0.1, -0.05) is 38.6 Å². The standard InChI is InChI=1S/C20H26N4O2S/c1-5-15(12-13-21)20-19(14-24(4)22-20)16-8-10-17(11-9-16)23-27(25,26)18(6-2)7-3/h5,8-14,18,21,23H,1,6-7H2,2-4H3/b15-12+,21-13?. The van der Waals surface area contributed by atoms with Crippen molar-refractivity contribution in [3.63, 3.8) is 0 Å². The Kier molecular flexibility index (Phi) is 6.74. The zero-order valence-electron chi connectivity index (χ0n) is 15.9. The van der Waals surface area contributed by atoms with Crippen LogP contribution in [0, 0.1) is 5.41 Å². The van der Waals surface area contributed by atoms with Gasteiger partial charge in [-0.15, -0.1) is 0 Å². The molecule has 7 heteroatoms. The second-order valence-corrected chi connectivity index (χ2v) is 8.18. The van der Waals surface area contributed by atoms with E-state index >= 15 is 0 Å². The van der Waals surface area contributed by atoms with Gasteiger partial charge in [0.15, 0.2) is 0 Å². The number of nitrogens with zero attached hydrogens (tertiary/aromatic N) is 2. The maximum absolute atomic E-state index is 12.4. The van der Waals surface area contributed by atoms with Crippen LogP contribution >= 0.6 is 0 Å². The molecule has 0 unspecified atom stereocenters. The number of allylic oxidation sites excluding steroid dienone is 3. The van der Waals surface area contributed by atoms with Crippen LogP contribution in [0.5, 0.6) is 0 Å². The van der Waals surface area contributed by atoms with Gasteiger partial charge in [-0.2, -0.15) is 5.10 Å². The van der Waals surface area contributed by atoms with Crippen molar-refractivity contribution in [2.24, 2.45) is 7.05 Å². The van der Waals surface area contributed by atoms with Crippen molar-refractivity contribution >= 4 is 27.5 Å². The quantitative estimate of drug-likeness (QED) is 0.499. The zero-order chi connectivity index (χ0) is 20.0. The van der Waals surface area contributed by atoms with Crippen molar-refractivity contribution in [3.8, 4) is 11.1 Å². The van der Waals surface area contributed by atoms with Gasteiger partial charge < -0.3 is 5.41 Å². The molecule has 0 aliphatic rings. The molecule has 0 atom stereocenters. The van der Waals surface area contributed by atoms with E-state index in [1.165, 1.54) is 6.21 Å². The Hall–Kier alpha value is -2.67. The number of nitrogens with one attached hydrogen (secondary N) is 2. The molecule has 0 fully saturated rings. The first-order valence-corrected chi connectivity index (χ1v) is 10.4. The number of hydrogen-bond acceptors (Lipinski definition) is 4. The first-order chi connectivity index (χ1) is 12.9. The van der Waals surface area contributed by atoms with E-state index in [1.54, 1.807) is 29.0 Å². The largest absolute Gasteiger partial charge is 0.309 e. The Balaban J connectivity index is 2.35. The number of benzene rings is 1. The van der Waals surface area contributed by atoms with E-state index in [9.17, 15) is 8.42 Å². The van der Waals surface area contributed by atoms with Crippen molar-refractivity contribution in [3.05, 3.63) is 54.9 Å². The van der Waals surface area contributed by atoms with E-state index in [0.717, 1.165) is 22.4 Å². The Labute approximate surface area is 161 Å². The Morgan fingerprint density at radius 2 is 1.93 bits per heavy atom. The SMILES string of the molecule is C=C/C(=C\C=N)c1nn(C)cc1-c1ccc(NS(=O)(=O)C(CC)CC)cc1. The van der Waals surface area contributed by atoms with Gasteiger partial charge in [-0.05, 0) is 36.6 Å². The van der Waals surface area contributed by atoms with Gasteiger partial charge in [-0.3, -0.25) is 9.40 Å². The van der Waals surface area contributed by atoms with Gasteiger partial charge in [-0.25, -0.2) is 8.42 Å². The van der Waals surface area contributed by atoms with Gasteiger partial charge in [0, 0.05) is 36.3 Å². The first kappa shape index (κ1) is 20.6. The van der Waals surface area contributed by atoms with E-state index in [4.69, 9.17) is 5.41 Å². The summed E-state index contributed by atoms with van der Waals surface area (Å²) in [5.74, 6) is 0. The molecule has 0 radical (unpaired) electrons. The number of rotatable bonds is 9. The third kappa shape index (κ3) is 4.74. The Bertz CT molecular complexity index is 937. The molecule has 0 saturated carbocycles. The third-order valence-corrected chi connectivity index (χ3v) is 6.46. The van der Waals surface area contributed by atoms with E-state index in [1.807, 2.05) is 39.2 Å². The molecule has 0 aliphatic heterocycles. The van der Waals surface area contributed by atoms with Crippen LogP contribution in [-0.4, -0.2) is 29.7 Å². The fourth-order valence-corrected chi connectivity index (χ4v) is 4.45. The molecule has 0 saturated heterocycles. The second kappa shape index (κ2) is 8.81. The van der Waals surface area contributed by atoms with Gasteiger partial charge in [0.25, 0.3) is 0 Å². The van der Waals surface area contributed by atoms with Crippen LogP contribution in [-0.2, 0) is 17.1 Å². The molecular weight excluding hydrogens is 360 g/mol. The number of sulfonamides is 1. The minimum atomic E-state index is -3.40. The van der Waals surface area contributed by atoms with Gasteiger partial charge >= 0.3 is 0 Å². The van der Waals surface area contributed by atoms with Crippen LogP contribution in [0.3, 0.4) is 0 Å². The van der Waals surface area contributed by atoms with Crippen molar-refractivity contribution in [2.75, 3.05) is 4.72 Å². The maximum atomic E-state index is 12.4. The van der Waals surface area contributed by atoms with E-state index in [-0.39, 0.29) is 0 Å². The fourth-order valence-electron chi connectivity index (χ4n) is 2.94. The number of hydrogen-bond donors (Lipinski definition) is 2. The summed E-state index contributed by atoms with van der Waals surface area (Å²) in [4.78, 5) is 0. The lowest BCUT2D eigenvalue weighted by Crippen LogP contribution is -2.26. The Morgan fingerprint density at radius 1 is 1.30 bits per heavy atom. The van der Waals surface area contributed by atoms with Crippen LogP contribution in [0.15, 0.2) is 49.2 Å². The van der Waals surface area contributed by atoms with E-state index in [2.05, 4.69) is 16.4 Å². The van der Waals surface area contributed by atoms with Crippen molar-refractivity contribution in [1.82, 2.24) is 9.78 Å². The summed E-state index contributed by atoms with van der Waals surface area (Å²) in [7, 11) is -1.57. The van der Waals surface area contributed by atoms with Crippen molar-refractivity contribution in [1.29, 1.82) is 5.41 Å². The lowest BCUT2D eigenvalue weighted by atomic mass is 10.0. The molecule has 0 spiro atoms. The third-order valence-electron chi connectivity index (χ3n) is 4.39. The van der Waals surface area contributed by atoms with Gasteiger partial charge in [0.2, 0.25) is 10.0 Å². The summed E-state index contributed by atoms with van der Waals surface area (Å²) >= 11 is 0. The molecule has 0 aliphatic carbocycles. The predicted molar refractivity (Wildman–Crippen MR) is 113 cm³/mol. The molecule has 2 rings (SSSR count). The minimum Gasteiger partial charge on any atom is -0.309 e. The molecule has 6 nitrogen and oxygen atoms in total. The van der Waals surface area contributed by atoms with Gasteiger partial charge in [0.1, 0.15) is 5.69 Å². The van der Waals surface area contributed by atoms with E-state index in [0.29, 0.717) is 18.5 Å². The highest BCUT2D eigenvalue weighted by atomic mass is 32.2. The second-order valence-electron chi connectivity index (χ2n) is 6.22. The van der Waals surface area contributed by atoms with Crippen LogP contribution in [0.2, 0.25) is 0 Å². The molecule has 1 aromatic carbocycles. The summed E-state index contributed by atoms with van der Waals surface area (Å²) in [6.45, 7) is 7.54.